The number of benzene rings is 1. The van der Waals surface area contributed by atoms with Gasteiger partial charge in [0, 0.05) is 5.92 Å². The van der Waals surface area contributed by atoms with Crippen molar-refractivity contribution in [2.75, 3.05) is 27.2 Å². The Hall–Kier alpha value is -1.40. The van der Waals surface area contributed by atoms with Crippen LogP contribution in [0, 0.1) is 17.8 Å². The van der Waals surface area contributed by atoms with Crippen molar-refractivity contribution >= 4 is 37.6 Å². The molecule has 2 unspecified atom stereocenters. The van der Waals surface area contributed by atoms with E-state index in [1.165, 1.54) is 7.11 Å². The van der Waals surface area contributed by atoms with E-state index in [1.807, 2.05) is 37.4 Å². The van der Waals surface area contributed by atoms with Gasteiger partial charge in [-0.3, -0.25) is 0 Å². The summed E-state index contributed by atoms with van der Waals surface area (Å²) in [4.78, 5) is 26.2. The first kappa shape index (κ1) is 24.6. The molecule has 2 atom stereocenters. The summed E-state index contributed by atoms with van der Waals surface area (Å²) in [6.45, 7) is 5.63. The third-order valence-corrected chi connectivity index (χ3v) is 6.55. The molecular formula is C22H31N2O3Pb. The fourth-order valence-corrected chi connectivity index (χ4v) is 4.27. The summed E-state index contributed by atoms with van der Waals surface area (Å²) in [5.74, 6) is 6.29. The number of methoxy groups -OCH3 is 1. The summed E-state index contributed by atoms with van der Waals surface area (Å²) in [6.07, 6.45) is 2.64. The Morgan fingerprint density at radius 2 is 1.96 bits per heavy atom. The van der Waals surface area contributed by atoms with E-state index in [-0.39, 0.29) is 15.4 Å². The third kappa shape index (κ3) is 8.31. The number of esters is 1. The van der Waals surface area contributed by atoms with Gasteiger partial charge in [0.15, 0.2) is 0 Å². The van der Waals surface area contributed by atoms with E-state index in [0.717, 1.165) is 50.7 Å². The van der Waals surface area contributed by atoms with Crippen LogP contribution >= 0.6 is 0 Å². The van der Waals surface area contributed by atoms with E-state index in [2.05, 4.69) is 31.0 Å². The molecule has 1 heterocycles. The van der Waals surface area contributed by atoms with Gasteiger partial charge < -0.3 is 5.32 Å². The molecule has 1 aliphatic heterocycles. The van der Waals surface area contributed by atoms with Crippen molar-refractivity contribution < 1.29 is 14.3 Å². The zero-order valence-corrected chi connectivity index (χ0v) is 21.2. The zero-order valence-electron chi connectivity index (χ0n) is 17.3. The Morgan fingerprint density at radius 3 is 2.54 bits per heavy atom. The third-order valence-electron chi connectivity index (χ3n) is 4.29. The van der Waals surface area contributed by atoms with Crippen LogP contribution in [0.2, 0.25) is 0 Å². The number of hydrogen-bond acceptors (Lipinski definition) is 4. The number of rotatable bonds is 4. The average Bonchev–Trinajstić information content (AvgIpc) is 2.73. The molecular weight excluding hydrogens is 547 g/mol. The van der Waals surface area contributed by atoms with E-state index >= 15 is 0 Å². The second-order valence-electron chi connectivity index (χ2n) is 6.92. The Bertz CT molecular complexity index is 667. The Morgan fingerprint density at radius 1 is 1.29 bits per heavy atom. The number of likely N-dealkylation sites (tertiary alicyclic amines) is 1. The van der Waals surface area contributed by atoms with Gasteiger partial charge in [0.1, 0.15) is 0 Å². The molecule has 3 radical (unpaired) electrons. The Labute approximate surface area is 185 Å². The zero-order chi connectivity index (χ0) is 20.9. The number of carbonyl (C=O) groups is 2. The van der Waals surface area contributed by atoms with Crippen molar-refractivity contribution in [3.05, 3.63) is 35.9 Å². The molecule has 6 heteroatoms. The van der Waals surface area contributed by atoms with Crippen LogP contribution in [0.25, 0.3) is 0 Å². The SMILES string of the molecule is CNCC#CC(C)C.COC(=O)C1CCCCN1C(=O)[CH]([Pb])c1ccccc1. The van der Waals surface area contributed by atoms with Gasteiger partial charge in [-0.05, 0) is 7.05 Å². The van der Waals surface area contributed by atoms with Crippen LogP contribution in [0.5, 0.6) is 0 Å². The number of carbonyl (C=O) groups excluding carboxylic acids is 2. The summed E-state index contributed by atoms with van der Waals surface area (Å²) in [5, 5.41) is 2.95. The van der Waals surface area contributed by atoms with Crippen LogP contribution in [0.3, 0.4) is 0 Å². The van der Waals surface area contributed by atoms with Crippen LogP contribution in [0.4, 0.5) is 0 Å². The van der Waals surface area contributed by atoms with E-state index in [4.69, 9.17) is 4.74 Å². The maximum atomic E-state index is 12.7. The van der Waals surface area contributed by atoms with Crippen molar-refractivity contribution in [3.8, 4) is 11.8 Å². The minimum atomic E-state index is -0.401. The van der Waals surface area contributed by atoms with Crippen molar-refractivity contribution in [1.82, 2.24) is 10.2 Å². The number of piperidine rings is 1. The molecule has 1 aromatic rings. The molecule has 1 N–H and O–H groups in total. The molecule has 1 fully saturated rings. The van der Waals surface area contributed by atoms with Gasteiger partial charge >= 0.3 is 135 Å². The molecule has 0 spiro atoms. The number of nitrogens with zero attached hydrogens (tertiary/aromatic N) is 1. The first-order valence-electron chi connectivity index (χ1n) is 9.69. The van der Waals surface area contributed by atoms with Crippen LogP contribution in [-0.2, 0) is 14.3 Å². The predicted molar refractivity (Wildman–Crippen MR) is 113 cm³/mol. The maximum absolute atomic E-state index is 12.7. The molecule has 5 nitrogen and oxygen atoms in total. The van der Waals surface area contributed by atoms with E-state index in [9.17, 15) is 9.59 Å². The van der Waals surface area contributed by atoms with Gasteiger partial charge in [0.05, 0.1) is 6.54 Å². The number of amides is 1. The average molecular weight is 579 g/mol. The molecule has 151 valence electrons. The monoisotopic (exact) mass is 579 g/mol. The molecule has 1 amide bonds. The van der Waals surface area contributed by atoms with Crippen LogP contribution in [0.15, 0.2) is 30.3 Å². The van der Waals surface area contributed by atoms with E-state index in [1.54, 1.807) is 4.90 Å². The quantitative estimate of drug-likeness (QED) is 0.339. The summed E-state index contributed by atoms with van der Waals surface area (Å²) in [5.41, 5.74) is 1.04. The molecule has 1 aromatic carbocycles. The van der Waals surface area contributed by atoms with Gasteiger partial charge in [-0.15, -0.1) is 0 Å². The van der Waals surface area contributed by atoms with Crippen molar-refractivity contribution in [2.24, 2.45) is 5.92 Å². The summed E-state index contributed by atoms with van der Waals surface area (Å²) >= 11 is 0.739. The van der Waals surface area contributed by atoms with Gasteiger partial charge in [-0.1, -0.05) is 25.7 Å². The minimum absolute atomic E-state index is 0.0676. The van der Waals surface area contributed by atoms with Gasteiger partial charge in [0.2, 0.25) is 0 Å². The number of ether oxygens (including phenoxy) is 1. The van der Waals surface area contributed by atoms with Crippen LogP contribution < -0.4 is 5.32 Å². The summed E-state index contributed by atoms with van der Waals surface area (Å²) < 4.78 is 4.74. The van der Waals surface area contributed by atoms with Gasteiger partial charge in [-0.25, -0.2) is 0 Å². The van der Waals surface area contributed by atoms with Crippen LogP contribution in [-0.4, -0.2) is 75.8 Å². The topological polar surface area (TPSA) is 58.6 Å². The molecule has 1 aliphatic rings. The molecule has 0 bridgehead atoms. The van der Waals surface area contributed by atoms with Crippen molar-refractivity contribution in [2.45, 2.75) is 42.6 Å². The fraction of sp³-hybridized carbons (Fsp3) is 0.545. The van der Waals surface area contributed by atoms with Gasteiger partial charge in [-0.2, -0.15) is 0 Å². The van der Waals surface area contributed by atoms with Crippen molar-refractivity contribution in [1.29, 1.82) is 0 Å². The van der Waals surface area contributed by atoms with Crippen LogP contribution in [0.1, 0.15) is 42.2 Å². The molecule has 0 aromatic heterocycles. The molecule has 0 aliphatic carbocycles. The number of hydrogen-bond donors (Lipinski definition) is 1. The summed E-state index contributed by atoms with van der Waals surface area (Å²) in [7, 11) is 3.28. The fourth-order valence-electron chi connectivity index (χ4n) is 2.87. The standard InChI is InChI=1S/C15H18NO3.C7H13N.Pb/c1-19-15(18)13-9-5-6-10-16(13)14(17)11-12-7-3-2-4-8-12;1-7(2)5-4-6-8-3;/h2-4,7-8,11,13H,5-6,9-10H2,1H3;7-8H,6H2,1-3H3;. The Kier molecular flexibility index (Phi) is 12.1. The molecule has 1 saturated heterocycles. The second-order valence-corrected chi connectivity index (χ2v) is 9.16. The molecule has 28 heavy (non-hydrogen) atoms. The Balaban J connectivity index is 0.000000416. The predicted octanol–water partition coefficient (Wildman–Crippen LogP) is 2.32. The second kappa shape index (κ2) is 13.7. The normalized spacial score (nSPS) is 16.9. The van der Waals surface area contributed by atoms with Crippen molar-refractivity contribution in [3.63, 3.8) is 0 Å². The van der Waals surface area contributed by atoms with E-state index in [0.29, 0.717) is 18.9 Å². The molecule has 2 rings (SSSR count). The number of nitrogens with one attached hydrogen (secondary N) is 1. The molecule has 0 saturated carbocycles. The summed E-state index contributed by atoms with van der Waals surface area (Å²) in [6, 6.07) is 9.39. The first-order valence-corrected chi connectivity index (χ1v) is 11.9. The van der Waals surface area contributed by atoms with E-state index < -0.39 is 6.04 Å². The van der Waals surface area contributed by atoms with Gasteiger partial charge in [0.25, 0.3) is 0 Å². The first-order chi connectivity index (χ1) is 13.4.